The number of ether oxygens (including phenoxy) is 3. The Morgan fingerprint density at radius 1 is 0.323 bits per heavy atom. The van der Waals surface area contributed by atoms with Gasteiger partial charge in [-0.1, -0.05) is 215 Å². The van der Waals surface area contributed by atoms with E-state index in [1.54, 1.807) is 0 Å². The molecule has 0 N–H and O–H groups in total. The lowest BCUT2D eigenvalue weighted by atomic mass is 10.1. The minimum Gasteiger partial charge on any atom is -0.462 e. The van der Waals surface area contributed by atoms with Crippen molar-refractivity contribution in [2.24, 2.45) is 0 Å². The van der Waals surface area contributed by atoms with Crippen LogP contribution >= 0.6 is 0 Å². The summed E-state index contributed by atoms with van der Waals surface area (Å²) in [5.74, 6) is -0.969. The summed E-state index contributed by atoms with van der Waals surface area (Å²) in [4.78, 5) is 38.0. The van der Waals surface area contributed by atoms with Gasteiger partial charge in [0.2, 0.25) is 0 Å². The fourth-order valence-electron chi connectivity index (χ4n) is 7.28. The van der Waals surface area contributed by atoms with Crippen LogP contribution in [-0.2, 0) is 28.6 Å². The second-order valence-corrected chi connectivity index (χ2v) is 17.7. The summed E-state index contributed by atoms with van der Waals surface area (Å²) in [7, 11) is 0. The molecule has 0 aliphatic carbocycles. The van der Waals surface area contributed by atoms with E-state index >= 15 is 0 Å². The monoisotopic (exact) mass is 905 g/mol. The zero-order valence-electron chi connectivity index (χ0n) is 42.5. The van der Waals surface area contributed by atoms with Crippen molar-refractivity contribution < 1.29 is 28.6 Å². The number of carbonyl (C=O) groups is 3. The summed E-state index contributed by atoms with van der Waals surface area (Å²) in [5, 5.41) is 0. The first kappa shape index (κ1) is 61.6. The molecule has 1 atom stereocenters. The van der Waals surface area contributed by atoms with Crippen LogP contribution in [0.1, 0.15) is 252 Å². The standard InChI is InChI=1S/C59H100O6/c1-4-7-10-13-16-19-22-24-26-28-29-31-32-34-37-40-43-46-49-52-58(61)64-55-56(54-63-57(60)51-48-45-42-39-36-21-18-15-12-9-6-3)65-59(62)53-50-47-44-41-38-35-33-30-27-25-23-20-17-14-11-8-5-2/h7,10,15-16,18-19,24-27,33,35,41,44,56H,4-6,8-9,11-14,17,20-23,28-32,34,36-40,42-43,45-55H2,1-3H3/b10-7-,18-15-,19-16-,26-24-,27-25-,35-33-,44-41-. The molecule has 0 aliphatic rings. The van der Waals surface area contributed by atoms with Gasteiger partial charge in [-0.2, -0.15) is 0 Å². The Bertz CT molecular complexity index is 1270. The van der Waals surface area contributed by atoms with E-state index in [-0.39, 0.29) is 37.5 Å². The largest absolute Gasteiger partial charge is 0.462 e. The van der Waals surface area contributed by atoms with E-state index in [9.17, 15) is 14.4 Å². The molecule has 0 aromatic carbocycles. The van der Waals surface area contributed by atoms with Crippen molar-refractivity contribution in [3.8, 4) is 0 Å². The third-order valence-electron chi connectivity index (χ3n) is 11.4. The van der Waals surface area contributed by atoms with Crippen molar-refractivity contribution >= 4 is 17.9 Å². The average Bonchev–Trinajstić information content (AvgIpc) is 3.30. The highest BCUT2D eigenvalue weighted by Crippen LogP contribution is 2.14. The molecule has 0 heterocycles. The quantitative estimate of drug-likeness (QED) is 0.0262. The maximum absolute atomic E-state index is 12.8. The van der Waals surface area contributed by atoms with E-state index in [4.69, 9.17) is 14.2 Å². The van der Waals surface area contributed by atoms with Gasteiger partial charge in [0.15, 0.2) is 6.10 Å². The molecule has 0 aliphatic heterocycles. The molecule has 6 heteroatoms. The van der Waals surface area contributed by atoms with Gasteiger partial charge in [-0.25, -0.2) is 0 Å². The first-order valence-electron chi connectivity index (χ1n) is 27.1. The molecule has 372 valence electrons. The van der Waals surface area contributed by atoms with Crippen molar-refractivity contribution in [1.29, 1.82) is 0 Å². The van der Waals surface area contributed by atoms with Gasteiger partial charge in [-0.05, 0) is 103 Å². The van der Waals surface area contributed by atoms with Crippen molar-refractivity contribution in [3.05, 3.63) is 85.1 Å². The third kappa shape index (κ3) is 51.4. The Labute approximate surface area is 401 Å². The van der Waals surface area contributed by atoms with Gasteiger partial charge in [0.1, 0.15) is 13.2 Å². The summed E-state index contributed by atoms with van der Waals surface area (Å²) >= 11 is 0. The molecule has 6 nitrogen and oxygen atoms in total. The van der Waals surface area contributed by atoms with Crippen LogP contribution in [0.4, 0.5) is 0 Å². The van der Waals surface area contributed by atoms with Crippen LogP contribution < -0.4 is 0 Å². The van der Waals surface area contributed by atoms with Gasteiger partial charge >= 0.3 is 17.9 Å². The normalized spacial score (nSPS) is 12.7. The molecule has 0 bridgehead atoms. The van der Waals surface area contributed by atoms with Crippen molar-refractivity contribution in [2.45, 2.75) is 258 Å². The summed E-state index contributed by atoms with van der Waals surface area (Å²) in [5.41, 5.74) is 0. The molecule has 0 rings (SSSR count). The van der Waals surface area contributed by atoms with Gasteiger partial charge in [-0.3, -0.25) is 14.4 Å². The lowest BCUT2D eigenvalue weighted by Gasteiger charge is -2.18. The Morgan fingerprint density at radius 2 is 0.631 bits per heavy atom. The van der Waals surface area contributed by atoms with Gasteiger partial charge in [0.05, 0.1) is 0 Å². The number of unbranched alkanes of at least 4 members (excludes halogenated alkanes) is 23. The van der Waals surface area contributed by atoms with Crippen LogP contribution in [0, 0.1) is 0 Å². The first-order chi connectivity index (χ1) is 32.0. The molecule has 0 spiro atoms. The molecule has 0 aromatic heterocycles. The van der Waals surface area contributed by atoms with Crippen LogP contribution in [-0.4, -0.2) is 37.2 Å². The Hall–Kier alpha value is -3.41. The smallest absolute Gasteiger partial charge is 0.306 e. The van der Waals surface area contributed by atoms with Crippen molar-refractivity contribution in [2.75, 3.05) is 13.2 Å². The second-order valence-electron chi connectivity index (χ2n) is 17.7. The Balaban J connectivity index is 4.43. The highest BCUT2D eigenvalue weighted by Gasteiger charge is 2.19. The summed E-state index contributed by atoms with van der Waals surface area (Å²) < 4.78 is 16.8. The van der Waals surface area contributed by atoms with E-state index < -0.39 is 6.10 Å². The van der Waals surface area contributed by atoms with E-state index in [0.29, 0.717) is 19.3 Å². The zero-order valence-corrected chi connectivity index (χ0v) is 42.5. The Kier molecular flexibility index (Phi) is 50.4. The molecule has 0 saturated heterocycles. The molecule has 1 unspecified atom stereocenters. The average molecular weight is 905 g/mol. The van der Waals surface area contributed by atoms with Crippen molar-refractivity contribution in [1.82, 2.24) is 0 Å². The van der Waals surface area contributed by atoms with E-state index in [1.807, 2.05) is 0 Å². The lowest BCUT2D eigenvalue weighted by molar-refractivity contribution is -0.167. The summed E-state index contributed by atoms with van der Waals surface area (Å²) in [6.07, 6.45) is 68.6. The van der Waals surface area contributed by atoms with E-state index in [1.165, 1.54) is 116 Å². The van der Waals surface area contributed by atoms with Crippen LogP contribution in [0.25, 0.3) is 0 Å². The first-order valence-corrected chi connectivity index (χ1v) is 27.1. The third-order valence-corrected chi connectivity index (χ3v) is 11.4. The van der Waals surface area contributed by atoms with Gasteiger partial charge < -0.3 is 14.2 Å². The maximum atomic E-state index is 12.8. The minimum absolute atomic E-state index is 0.102. The van der Waals surface area contributed by atoms with Crippen molar-refractivity contribution in [3.63, 3.8) is 0 Å². The summed E-state index contributed by atoms with van der Waals surface area (Å²) in [6, 6.07) is 0. The molecule has 0 saturated carbocycles. The zero-order chi connectivity index (χ0) is 47.2. The van der Waals surface area contributed by atoms with Crippen LogP contribution in [0.3, 0.4) is 0 Å². The molecule has 0 amide bonds. The van der Waals surface area contributed by atoms with Crippen LogP contribution in [0.2, 0.25) is 0 Å². The molecular weight excluding hydrogens is 805 g/mol. The van der Waals surface area contributed by atoms with E-state index in [2.05, 4.69) is 106 Å². The molecule has 0 aromatic rings. The molecule has 0 fully saturated rings. The lowest BCUT2D eigenvalue weighted by Crippen LogP contribution is -2.30. The number of rotatable bonds is 48. The topological polar surface area (TPSA) is 78.9 Å². The highest BCUT2D eigenvalue weighted by molar-refractivity contribution is 5.71. The van der Waals surface area contributed by atoms with Gasteiger partial charge in [0, 0.05) is 19.3 Å². The molecule has 0 radical (unpaired) electrons. The molecular formula is C59H100O6. The number of hydrogen-bond acceptors (Lipinski definition) is 6. The highest BCUT2D eigenvalue weighted by atomic mass is 16.6. The van der Waals surface area contributed by atoms with Crippen LogP contribution in [0.15, 0.2) is 85.1 Å². The second kappa shape index (κ2) is 53.2. The predicted octanol–water partition coefficient (Wildman–Crippen LogP) is 18.0. The number of esters is 3. The SMILES string of the molecule is CC/C=C\C/C=C\C/C=C\CCCCCCCCCCCC(=O)OCC(COC(=O)CCCCCCC/C=C\CCCC)OC(=O)CCC/C=C\C/C=C\C/C=C\CCCCCCCC. The van der Waals surface area contributed by atoms with E-state index in [0.717, 1.165) is 89.9 Å². The Morgan fingerprint density at radius 3 is 1.05 bits per heavy atom. The van der Waals surface area contributed by atoms with Crippen LogP contribution in [0.5, 0.6) is 0 Å². The van der Waals surface area contributed by atoms with Gasteiger partial charge in [-0.15, -0.1) is 0 Å². The fraction of sp³-hybridized carbons (Fsp3) is 0.712. The predicted molar refractivity (Wildman–Crippen MR) is 279 cm³/mol. The van der Waals surface area contributed by atoms with Gasteiger partial charge in [0.25, 0.3) is 0 Å². The fourth-order valence-corrected chi connectivity index (χ4v) is 7.28. The number of hydrogen-bond donors (Lipinski definition) is 0. The number of carbonyl (C=O) groups excluding carboxylic acids is 3. The minimum atomic E-state index is -0.808. The number of allylic oxidation sites excluding steroid dienone is 14. The maximum Gasteiger partial charge on any atom is 0.306 e. The molecule has 65 heavy (non-hydrogen) atoms. The summed E-state index contributed by atoms with van der Waals surface area (Å²) in [6.45, 7) is 6.43.